The molecule has 1 amide bonds. The van der Waals surface area contributed by atoms with Crippen molar-refractivity contribution in [2.45, 2.75) is 56.5 Å². The second-order valence-electron chi connectivity index (χ2n) is 8.53. The predicted molar refractivity (Wildman–Crippen MR) is 113 cm³/mol. The Morgan fingerprint density at radius 1 is 1.25 bits per heavy atom. The number of hydrogen-bond donors (Lipinski definition) is 2. The van der Waals surface area contributed by atoms with E-state index in [1.165, 1.54) is 5.56 Å². The maximum Gasteiger partial charge on any atom is 0.225 e. The van der Waals surface area contributed by atoms with Crippen LogP contribution in [0.25, 0.3) is 0 Å². The molecule has 0 aliphatic heterocycles. The summed E-state index contributed by atoms with van der Waals surface area (Å²) in [6, 6.07) is 8.84. The van der Waals surface area contributed by atoms with Gasteiger partial charge in [0.2, 0.25) is 5.91 Å². The molecule has 1 aromatic carbocycles. The van der Waals surface area contributed by atoms with E-state index in [0.717, 1.165) is 43.8 Å². The molecule has 0 radical (unpaired) electrons. The lowest BCUT2D eigenvalue weighted by Crippen LogP contribution is -2.48. The largest absolute Gasteiger partial charge is 0.496 e. The molecule has 28 heavy (non-hydrogen) atoms. The molecule has 0 spiro atoms. The quantitative estimate of drug-likeness (QED) is 0.603. The van der Waals surface area contributed by atoms with Crippen molar-refractivity contribution in [1.82, 2.24) is 15.5 Å². The first-order valence-corrected chi connectivity index (χ1v) is 10.2. The van der Waals surface area contributed by atoms with Crippen LogP contribution in [-0.4, -0.2) is 57.1 Å². The number of ether oxygens (including phenoxy) is 1. The van der Waals surface area contributed by atoms with Gasteiger partial charge in [-0.05, 0) is 31.7 Å². The van der Waals surface area contributed by atoms with Gasteiger partial charge in [-0.15, -0.1) is 0 Å². The molecule has 2 aliphatic rings. The lowest BCUT2D eigenvalue weighted by Gasteiger charge is -2.31. The van der Waals surface area contributed by atoms with Crippen LogP contribution in [0.15, 0.2) is 29.3 Å². The Labute approximate surface area is 168 Å². The van der Waals surface area contributed by atoms with Gasteiger partial charge >= 0.3 is 0 Å². The number of nitrogens with one attached hydrogen (secondary N) is 2. The van der Waals surface area contributed by atoms with Crippen LogP contribution < -0.4 is 15.4 Å². The van der Waals surface area contributed by atoms with Crippen molar-refractivity contribution >= 4 is 11.9 Å². The van der Waals surface area contributed by atoms with Gasteiger partial charge < -0.3 is 20.3 Å². The molecule has 0 bridgehead atoms. The molecule has 0 heterocycles. The van der Waals surface area contributed by atoms with E-state index >= 15 is 0 Å². The first-order chi connectivity index (χ1) is 13.4. The summed E-state index contributed by atoms with van der Waals surface area (Å²) < 4.78 is 5.56. The van der Waals surface area contributed by atoms with E-state index in [4.69, 9.17) is 4.74 Å². The summed E-state index contributed by atoms with van der Waals surface area (Å²) in [5, 5.41) is 7.14. The van der Waals surface area contributed by atoms with Crippen molar-refractivity contribution in [2.75, 3.05) is 28.3 Å². The second kappa shape index (κ2) is 8.41. The number of methoxy groups -OCH3 is 1. The van der Waals surface area contributed by atoms with Crippen LogP contribution in [0, 0.1) is 5.92 Å². The zero-order valence-corrected chi connectivity index (χ0v) is 17.8. The van der Waals surface area contributed by atoms with Crippen LogP contribution in [0.1, 0.15) is 44.6 Å². The highest BCUT2D eigenvalue weighted by Crippen LogP contribution is 2.50. The third-order valence-electron chi connectivity index (χ3n) is 6.30. The van der Waals surface area contributed by atoms with Crippen LogP contribution >= 0.6 is 0 Å². The Morgan fingerprint density at radius 3 is 2.68 bits per heavy atom. The molecule has 0 aromatic heterocycles. The van der Waals surface area contributed by atoms with E-state index in [2.05, 4.69) is 34.7 Å². The predicted octanol–water partition coefficient (Wildman–Crippen LogP) is 2.54. The number of guanidine groups is 1. The first kappa shape index (κ1) is 20.5. The molecule has 4 atom stereocenters. The monoisotopic (exact) mass is 386 g/mol. The maximum atomic E-state index is 12.3. The average molecular weight is 387 g/mol. The highest BCUT2D eigenvalue weighted by molar-refractivity contribution is 5.82. The third kappa shape index (κ3) is 4.26. The zero-order valence-electron chi connectivity index (χ0n) is 17.8. The van der Waals surface area contributed by atoms with Gasteiger partial charge in [0.1, 0.15) is 5.75 Å². The average Bonchev–Trinajstić information content (AvgIpc) is 3.37. The molecule has 2 saturated carbocycles. The van der Waals surface area contributed by atoms with Crippen LogP contribution in [0.2, 0.25) is 0 Å². The number of amides is 1. The molecule has 4 unspecified atom stereocenters. The highest BCUT2D eigenvalue weighted by atomic mass is 16.5. The second-order valence-corrected chi connectivity index (χ2v) is 8.53. The molecule has 3 rings (SSSR count). The van der Waals surface area contributed by atoms with Crippen molar-refractivity contribution < 1.29 is 9.53 Å². The lowest BCUT2D eigenvalue weighted by atomic mass is 9.85. The number of benzene rings is 1. The van der Waals surface area contributed by atoms with E-state index in [1.807, 2.05) is 33.3 Å². The molecule has 2 fully saturated rings. The Kier molecular flexibility index (Phi) is 6.16. The van der Waals surface area contributed by atoms with Crippen LogP contribution in [0.4, 0.5) is 0 Å². The summed E-state index contributed by atoms with van der Waals surface area (Å²) in [7, 11) is 7.21. The van der Waals surface area contributed by atoms with Gasteiger partial charge in [0.25, 0.3) is 0 Å². The molecule has 2 N–H and O–H groups in total. The highest BCUT2D eigenvalue weighted by Gasteiger charge is 2.53. The number of carbonyl (C=O) groups excluding carboxylic acids is 1. The maximum absolute atomic E-state index is 12.3. The molecular weight excluding hydrogens is 352 g/mol. The molecule has 2 aliphatic carbocycles. The van der Waals surface area contributed by atoms with Gasteiger partial charge in [0.15, 0.2) is 5.96 Å². The van der Waals surface area contributed by atoms with E-state index in [-0.39, 0.29) is 23.3 Å². The van der Waals surface area contributed by atoms with Gasteiger partial charge in [-0.2, -0.15) is 0 Å². The topological polar surface area (TPSA) is 66.0 Å². The summed E-state index contributed by atoms with van der Waals surface area (Å²) >= 11 is 0. The number of rotatable bonds is 5. The zero-order chi connectivity index (χ0) is 20.3. The lowest BCUT2D eigenvalue weighted by molar-refractivity contribution is -0.134. The molecular formula is C22H34N4O2. The van der Waals surface area contributed by atoms with Crippen molar-refractivity contribution in [2.24, 2.45) is 10.9 Å². The summed E-state index contributed by atoms with van der Waals surface area (Å²) in [5.41, 5.74) is 1.28. The smallest absolute Gasteiger partial charge is 0.225 e. The molecule has 1 aromatic rings. The van der Waals surface area contributed by atoms with Crippen LogP contribution in [0.3, 0.4) is 0 Å². The number of aliphatic imine (C=N–C) groups is 1. The standard InChI is InChI=1S/C22H34N4O2/c1-22(17-11-6-7-12-18(17)28-5)14-19(22)25-21(23-2)24-16-10-8-9-15(13-16)20(27)26(3)4/h6-7,11-12,15-16,19H,8-10,13-14H2,1-5H3,(H2,23,24,25). The number of carbonyl (C=O) groups is 1. The SMILES string of the molecule is CN=C(NC1CCCC(C(=O)N(C)C)C1)NC1CC1(C)c1ccccc1OC. The molecule has 0 saturated heterocycles. The summed E-state index contributed by atoms with van der Waals surface area (Å²) in [6.07, 6.45) is 5.04. The van der Waals surface area contributed by atoms with Gasteiger partial charge in [-0.25, -0.2) is 0 Å². The Morgan fingerprint density at radius 2 is 2.00 bits per heavy atom. The normalized spacial score (nSPS) is 29.8. The molecule has 6 nitrogen and oxygen atoms in total. The summed E-state index contributed by atoms with van der Waals surface area (Å²) in [6.45, 7) is 2.27. The van der Waals surface area contributed by atoms with Gasteiger partial charge in [-0.1, -0.05) is 31.5 Å². The fourth-order valence-corrected chi connectivity index (χ4v) is 4.43. The van der Waals surface area contributed by atoms with E-state index < -0.39 is 0 Å². The van der Waals surface area contributed by atoms with Crippen molar-refractivity contribution in [3.05, 3.63) is 29.8 Å². The van der Waals surface area contributed by atoms with Crippen molar-refractivity contribution in [1.29, 1.82) is 0 Å². The summed E-state index contributed by atoms with van der Waals surface area (Å²) in [4.78, 5) is 18.5. The Bertz CT molecular complexity index is 733. The minimum atomic E-state index is 0.0419. The van der Waals surface area contributed by atoms with Crippen molar-refractivity contribution in [3.8, 4) is 5.75 Å². The number of nitrogens with zero attached hydrogens (tertiary/aromatic N) is 2. The fourth-order valence-electron chi connectivity index (χ4n) is 4.43. The number of hydrogen-bond acceptors (Lipinski definition) is 3. The van der Waals surface area contributed by atoms with E-state index in [1.54, 1.807) is 12.0 Å². The van der Waals surface area contributed by atoms with Gasteiger partial charge in [0, 0.05) is 50.1 Å². The van der Waals surface area contributed by atoms with E-state index in [0.29, 0.717) is 6.04 Å². The Balaban J connectivity index is 1.59. The minimum Gasteiger partial charge on any atom is -0.496 e. The van der Waals surface area contributed by atoms with Crippen LogP contribution in [0.5, 0.6) is 5.75 Å². The summed E-state index contributed by atoms with van der Waals surface area (Å²) in [5.74, 6) is 2.11. The van der Waals surface area contributed by atoms with Crippen LogP contribution in [-0.2, 0) is 10.2 Å². The molecule has 154 valence electrons. The molecule has 6 heteroatoms. The fraction of sp³-hybridized carbons (Fsp3) is 0.636. The van der Waals surface area contributed by atoms with Crippen molar-refractivity contribution in [3.63, 3.8) is 0 Å². The van der Waals surface area contributed by atoms with E-state index in [9.17, 15) is 4.79 Å². The third-order valence-corrected chi connectivity index (χ3v) is 6.30. The first-order valence-electron chi connectivity index (χ1n) is 10.2. The Hall–Kier alpha value is -2.24. The van der Waals surface area contributed by atoms with Gasteiger partial charge in [0.05, 0.1) is 7.11 Å². The minimum absolute atomic E-state index is 0.0419. The van der Waals surface area contributed by atoms with Gasteiger partial charge in [-0.3, -0.25) is 9.79 Å². The number of para-hydroxylation sites is 1.